The van der Waals surface area contributed by atoms with Crippen molar-refractivity contribution >= 4 is 5.91 Å². The number of aliphatic hydroxyl groups is 1. The summed E-state index contributed by atoms with van der Waals surface area (Å²) < 4.78 is 19.0. The largest absolute Gasteiger partial charge is 0.393 e. The SMILES string of the molecule is CC(O)CC(C)CNC(=O)C(c1cccc(F)c1)N1CCOCC1. The average Bonchev–Trinajstić information content (AvgIpc) is 2.54. The van der Waals surface area contributed by atoms with Gasteiger partial charge in [0.1, 0.15) is 11.9 Å². The maximum atomic E-state index is 13.6. The molecule has 0 spiro atoms. The van der Waals surface area contributed by atoms with E-state index in [-0.39, 0.29) is 17.6 Å². The molecule has 1 fully saturated rings. The van der Waals surface area contributed by atoms with Crippen LogP contribution in [0, 0.1) is 11.7 Å². The van der Waals surface area contributed by atoms with Crippen molar-refractivity contribution in [1.82, 2.24) is 10.2 Å². The van der Waals surface area contributed by atoms with Crippen molar-refractivity contribution in [2.24, 2.45) is 5.92 Å². The second kappa shape index (κ2) is 9.11. The number of amides is 1. The monoisotopic (exact) mass is 338 g/mol. The first-order valence-electron chi connectivity index (χ1n) is 8.50. The van der Waals surface area contributed by atoms with Crippen molar-refractivity contribution in [3.8, 4) is 0 Å². The van der Waals surface area contributed by atoms with E-state index in [4.69, 9.17) is 4.74 Å². The molecule has 6 heteroatoms. The van der Waals surface area contributed by atoms with E-state index in [2.05, 4.69) is 5.32 Å². The van der Waals surface area contributed by atoms with Gasteiger partial charge in [0.2, 0.25) is 5.91 Å². The highest BCUT2D eigenvalue weighted by Gasteiger charge is 2.29. The van der Waals surface area contributed by atoms with E-state index in [0.717, 1.165) is 0 Å². The average molecular weight is 338 g/mol. The van der Waals surface area contributed by atoms with E-state index in [9.17, 15) is 14.3 Å². The van der Waals surface area contributed by atoms with E-state index in [1.807, 2.05) is 11.8 Å². The summed E-state index contributed by atoms with van der Waals surface area (Å²) in [5, 5.41) is 12.4. The molecule has 0 radical (unpaired) electrons. The molecule has 3 atom stereocenters. The Morgan fingerprint density at radius 2 is 2.08 bits per heavy atom. The van der Waals surface area contributed by atoms with Crippen LogP contribution in [0.15, 0.2) is 24.3 Å². The number of carbonyl (C=O) groups excluding carboxylic acids is 1. The third-order valence-corrected chi connectivity index (χ3v) is 4.19. The second-order valence-corrected chi connectivity index (χ2v) is 6.54. The summed E-state index contributed by atoms with van der Waals surface area (Å²) in [5.74, 6) is -0.312. The van der Waals surface area contributed by atoms with Crippen LogP contribution in [0.3, 0.4) is 0 Å². The summed E-state index contributed by atoms with van der Waals surface area (Å²) in [6, 6.07) is 5.67. The summed E-state index contributed by atoms with van der Waals surface area (Å²) in [6.45, 7) is 6.62. The topological polar surface area (TPSA) is 61.8 Å². The molecular weight excluding hydrogens is 311 g/mol. The van der Waals surface area contributed by atoms with Crippen molar-refractivity contribution in [3.05, 3.63) is 35.6 Å². The Hall–Kier alpha value is -1.50. The zero-order chi connectivity index (χ0) is 17.5. The van der Waals surface area contributed by atoms with Crippen LogP contribution in [0.5, 0.6) is 0 Å². The lowest BCUT2D eigenvalue weighted by atomic mass is 10.0. The lowest BCUT2D eigenvalue weighted by Crippen LogP contribution is -2.46. The molecule has 1 amide bonds. The molecular formula is C18H27FN2O3. The molecule has 1 aromatic carbocycles. The number of hydrogen-bond acceptors (Lipinski definition) is 4. The van der Waals surface area contributed by atoms with E-state index < -0.39 is 12.1 Å². The quantitative estimate of drug-likeness (QED) is 0.795. The molecule has 2 rings (SSSR count). The number of carbonyl (C=O) groups is 1. The van der Waals surface area contributed by atoms with Crippen LogP contribution in [0.2, 0.25) is 0 Å². The minimum atomic E-state index is -0.525. The van der Waals surface area contributed by atoms with E-state index in [1.54, 1.807) is 19.1 Å². The number of benzene rings is 1. The van der Waals surface area contributed by atoms with Gasteiger partial charge in [0, 0.05) is 19.6 Å². The van der Waals surface area contributed by atoms with Crippen molar-refractivity contribution in [2.45, 2.75) is 32.4 Å². The molecule has 24 heavy (non-hydrogen) atoms. The first-order chi connectivity index (χ1) is 11.5. The molecule has 0 aliphatic carbocycles. The number of hydrogen-bond donors (Lipinski definition) is 2. The summed E-state index contributed by atoms with van der Waals surface area (Å²) in [7, 11) is 0. The molecule has 0 saturated carbocycles. The number of morpholine rings is 1. The molecule has 1 heterocycles. The third kappa shape index (κ3) is 5.54. The van der Waals surface area contributed by atoms with Gasteiger partial charge < -0.3 is 15.2 Å². The van der Waals surface area contributed by atoms with E-state index in [1.165, 1.54) is 12.1 Å². The molecule has 3 unspecified atom stereocenters. The summed E-state index contributed by atoms with van der Waals surface area (Å²) in [4.78, 5) is 14.8. The van der Waals surface area contributed by atoms with E-state index >= 15 is 0 Å². The number of aliphatic hydroxyl groups excluding tert-OH is 1. The van der Waals surface area contributed by atoms with Crippen molar-refractivity contribution < 1.29 is 19.0 Å². The zero-order valence-electron chi connectivity index (χ0n) is 14.4. The maximum Gasteiger partial charge on any atom is 0.241 e. The first kappa shape index (κ1) is 18.8. The minimum Gasteiger partial charge on any atom is -0.393 e. The lowest BCUT2D eigenvalue weighted by Gasteiger charge is -2.34. The summed E-state index contributed by atoms with van der Waals surface area (Å²) in [6.07, 6.45) is 0.234. The molecule has 2 N–H and O–H groups in total. The van der Waals surface area contributed by atoms with Gasteiger partial charge in [-0.2, -0.15) is 0 Å². The van der Waals surface area contributed by atoms with Crippen molar-refractivity contribution in [3.63, 3.8) is 0 Å². The van der Waals surface area contributed by atoms with Crippen molar-refractivity contribution in [2.75, 3.05) is 32.8 Å². The highest BCUT2D eigenvalue weighted by atomic mass is 19.1. The van der Waals surface area contributed by atoms with Crippen LogP contribution >= 0.6 is 0 Å². The number of ether oxygens (including phenoxy) is 1. The Morgan fingerprint density at radius 3 is 2.71 bits per heavy atom. The van der Waals surface area contributed by atoms with Crippen LogP contribution in [0.1, 0.15) is 31.9 Å². The fourth-order valence-electron chi connectivity index (χ4n) is 3.08. The maximum absolute atomic E-state index is 13.6. The molecule has 0 bridgehead atoms. The molecule has 1 saturated heterocycles. The fraction of sp³-hybridized carbons (Fsp3) is 0.611. The molecule has 1 aliphatic heterocycles. The standard InChI is InChI=1S/C18H27FN2O3/c1-13(10-14(2)22)12-20-18(23)17(21-6-8-24-9-7-21)15-4-3-5-16(19)11-15/h3-5,11,13-14,17,22H,6-10,12H2,1-2H3,(H,20,23). The molecule has 5 nitrogen and oxygen atoms in total. The second-order valence-electron chi connectivity index (χ2n) is 6.54. The Balaban J connectivity index is 2.08. The zero-order valence-corrected chi connectivity index (χ0v) is 14.4. The first-order valence-corrected chi connectivity index (χ1v) is 8.50. The smallest absolute Gasteiger partial charge is 0.241 e. The van der Waals surface area contributed by atoms with Crippen LogP contribution in [-0.2, 0) is 9.53 Å². The summed E-state index contributed by atoms with van der Waals surface area (Å²) in [5.41, 5.74) is 0.651. The van der Waals surface area contributed by atoms with Crippen molar-refractivity contribution in [1.29, 1.82) is 0 Å². The van der Waals surface area contributed by atoms with Gasteiger partial charge in [-0.3, -0.25) is 9.69 Å². The number of nitrogens with one attached hydrogen (secondary N) is 1. The minimum absolute atomic E-state index is 0.139. The predicted octanol–water partition coefficient (Wildman–Crippen LogP) is 1.72. The van der Waals surface area contributed by atoms with Crippen LogP contribution in [0.4, 0.5) is 4.39 Å². The number of rotatable bonds is 7. The van der Waals surface area contributed by atoms with Gasteiger partial charge in [-0.05, 0) is 37.0 Å². The van der Waals surface area contributed by atoms with Gasteiger partial charge >= 0.3 is 0 Å². The normalized spacial score (nSPS) is 19.5. The van der Waals surface area contributed by atoms with Crippen LogP contribution < -0.4 is 5.32 Å². The lowest BCUT2D eigenvalue weighted by molar-refractivity contribution is -0.128. The van der Waals surface area contributed by atoms with Gasteiger partial charge in [0.05, 0.1) is 19.3 Å². The molecule has 1 aliphatic rings. The summed E-state index contributed by atoms with van der Waals surface area (Å²) >= 11 is 0. The number of nitrogens with zero attached hydrogens (tertiary/aromatic N) is 1. The van der Waals surface area contributed by atoms with Crippen LogP contribution in [-0.4, -0.2) is 54.9 Å². The fourth-order valence-corrected chi connectivity index (χ4v) is 3.08. The van der Waals surface area contributed by atoms with Gasteiger partial charge in [-0.25, -0.2) is 4.39 Å². The van der Waals surface area contributed by atoms with Gasteiger partial charge in [0.15, 0.2) is 0 Å². The Bertz CT molecular complexity index is 533. The van der Waals surface area contributed by atoms with Gasteiger partial charge in [0.25, 0.3) is 0 Å². The van der Waals surface area contributed by atoms with Gasteiger partial charge in [-0.1, -0.05) is 19.1 Å². The Labute approximate surface area is 142 Å². The number of halogens is 1. The predicted molar refractivity (Wildman–Crippen MR) is 90.0 cm³/mol. The van der Waals surface area contributed by atoms with Crippen LogP contribution in [0.25, 0.3) is 0 Å². The third-order valence-electron chi connectivity index (χ3n) is 4.19. The Kier molecular flexibility index (Phi) is 7.15. The molecule has 1 aromatic rings. The highest BCUT2D eigenvalue weighted by molar-refractivity contribution is 5.83. The Morgan fingerprint density at radius 1 is 1.38 bits per heavy atom. The van der Waals surface area contributed by atoms with E-state index in [0.29, 0.717) is 44.8 Å². The van der Waals surface area contributed by atoms with Gasteiger partial charge in [-0.15, -0.1) is 0 Å². The molecule has 134 valence electrons. The molecule has 0 aromatic heterocycles. The highest BCUT2D eigenvalue weighted by Crippen LogP contribution is 2.23.